The molecular formula is C29H28N4O3. The first-order chi connectivity index (χ1) is 17.3. The molecule has 2 aromatic carbocycles. The summed E-state index contributed by atoms with van der Waals surface area (Å²) in [4.78, 5) is 31.2. The summed E-state index contributed by atoms with van der Waals surface area (Å²) in [5.74, 6) is -0.159. The average molecular weight is 481 g/mol. The van der Waals surface area contributed by atoms with E-state index in [9.17, 15) is 9.59 Å². The number of amides is 2. The van der Waals surface area contributed by atoms with Crippen LogP contribution in [-0.4, -0.2) is 45.0 Å². The van der Waals surface area contributed by atoms with Crippen LogP contribution < -0.4 is 5.32 Å². The molecule has 1 N–H and O–H groups in total. The highest BCUT2D eigenvalue weighted by Crippen LogP contribution is 2.33. The standard InChI is InChI=1S/C29H28N4O3/c1-29(2,3)36-28(35)32-16-14-22(18-32)24-17-26(33-19-30-15-13-25(24)33)20-9-11-21(12-10-20)27(34)31-23-7-5-4-6-8-23/h4-15,17,19H,16,18H2,1-3H3,(H,31,34). The van der Waals surface area contributed by atoms with Crippen molar-refractivity contribution in [2.75, 3.05) is 18.4 Å². The molecule has 182 valence electrons. The largest absolute Gasteiger partial charge is 0.444 e. The predicted molar refractivity (Wildman–Crippen MR) is 141 cm³/mol. The molecule has 36 heavy (non-hydrogen) atoms. The van der Waals surface area contributed by atoms with E-state index >= 15 is 0 Å². The Labute approximate surface area is 210 Å². The first-order valence-corrected chi connectivity index (χ1v) is 11.9. The van der Waals surface area contributed by atoms with Gasteiger partial charge < -0.3 is 15.0 Å². The number of carbonyl (C=O) groups excluding carboxylic acids is 2. The van der Waals surface area contributed by atoms with Crippen LogP contribution in [0, 0.1) is 0 Å². The van der Waals surface area contributed by atoms with Gasteiger partial charge in [-0.2, -0.15) is 0 Å². The molecular weight excluding hydrogens is 452 g/mol. The molecule has 0 saturated heterocycles. The zero-order valence-electron chi connectivity index (χ0n) is 20.6. The number of carbonyl (C=O) groups is 2. The van der Waals surface area contributed by atoms with Gasteiger partial charge in [0, 0.05) is 36.1 Å². The van der Waals surface area contributed by atoms with Crippen molar-refractivity contribution in [3.05, 3.63) is 96.5 Å². The summed E-state index contributed by atoms with van der Waals surface area (Å²) in [6.07, 6.45) is 5.30. The zero-order valence-corrected chi connectivity index (χ0v) is 20.6. The Bertz CT molecular complexity index is 1450. The summed E-state index contributed by atoms with van der Waals surface area (Å²) in [7, 11) is 0. The van der Waals surface area contributed by atoms with Gasteiger partial charge in [0.25, 0.3) is 5.91 Å². The maximum absolute atomic E-state index is 12.6. The van der Waals surface area contributed by atoms with Crippen LogP contribution in [0.3, 0.4) is 0 Å². The number of benzene rings is 2. The molecule has 0 spiro atoms. The molecule has 1 aliphatic rings. The van der Waals surface area contributed by atoms with Crippen LogP contribution in [0.4, 0.5) is 10.5 Å². The molecule has 4 aromatic rings. The third kappa shape index (κ3) is 4.86. The second kappa shape index (κ2) is 9.34. The third-order valence-corrected chi connectivity index (χ3v) is 5.97. The van der Waals surface area contributed by atoms with E-state index < -0.39 is 5.60 Å². The Morgan fingerprint density at radius 1 is 1.00 bits per heavy atom. The highest BCUT2D eigenvalue weighted by molar-refractivity contribution is 6.04. The SMILES string of the molecule is CC(C)(C)OC(=O)N1CC=C(c2cc(-c3ccc(C(=O)Nc4ccccc4)cc3)n3cnccc23)C1. The highest BCUT2D eigenvalue weighted by atomic mass is 16.6. The first kappa shape index (κ1) is 23.4. The number of fused-ring (bicyclic) bond motifs is 1. The van der Waals surface area contributed by atoms with Crippen molar-refractivity contribution >= 4 is 28.8 Å². The second-order valence-corrected chi connectivity index (χ2v) is 9.77. The molecule has 0 saturated carbocycles. The minimum absolute atomic E-state index is 0.159. The Morgan fingerprint density at radius 3 is 2.47 bits per heavy atom. The van der Waals surface area contributed by atoms with E-state index in [0.717, 1.165) is 33.6 Å². The maximum Gasteiger partial charge on any atom is 0.410 e. The van der Waals surface area contributed by atoms with Crippen molar-refractivity contribution < 1.29 is 14.3 Å². The van der Waals surface area contributed by atoms with Crippen LogP contribution in [0.5, 0.6) is 0 Å². The highest BCUT2D eigenvalue weighted by Gasteiger charge is 2.27. The van der Waals surface area contributed by atoms with Gasteiger partial charge in [0.2, 0.25) is 0 Å². The number of ether oxygens (including phenoxy) is 1. The molecule has 2 aromatic heterocycles. The van der Waals surface area contributed by atoms with Gasteiger partial charge in [0.05, 0.1) is 17.5 Å². The molecule has 1 aliphatic heterocycles. The fraction of sp³-hybridized carbons (Fsp3) is 0.207. The van der Waals surface area contributed by atoms with E-state index in [1.54, 1.807) is 17.4 Å². The lowest BCUT2D eigenvalue weighted by molar-refractivity contribution is 0.0306. The fourth-order valence-electron chi connectivity index (χ4n) is 4.27. The van der Waals surface area contributed by atoms with Gasteiger partial charge in [-0.3, -0.25) is 9.20 Å². The van der Waals surface area contributed by atoms with Gasteiger partial charge in [-0.1, -0.05) is 36.4 Å². The lowest BCUT2D eigenvalue weighted by atomic mass is 10.1. The van der Waals surface area contributed by atoms with Gasteiger partial charge in [0.1, 0.15) is 5.60 Å². The molecule has 7 heteroatoms. The number of hydrogen-bond donors (Lipinski definition) is 1. The van der Waals surface area contributed by atoms with Gasteiger partial charge in [-0.25, -0.2) is 9.78 Å². The fourth-order valence-corrected chi connectivity index (χ4v) is 4.27. The second-order valence-electron chi connectivity index (χ2n) is 9.77. The Hall–Kier alpha value is -4.39. The summed E-state index contributed by atoms with van der Waals surface area (Å²) in [6.45, 7) is 6.59. The number of rotatable bonds is 4. The minimum Gasteiger partial charge on any atom is -0.444 e. The van der Waals surface area contributed by atoms with Crippen LogP contribution in [0.15, 0.2) is 85.3 Å². The quantitative estimate of drug-likeness (QED) is 0.395. The van der Waals surface area contributed by atoms with Crippen molar-refractivity contribution in [1.82, 2.24) is 14.3 Å². The topological polar surface area (TPSA) is 75.9 Å². The number of aromatic nitrogens is 2. The van der Waals surface area contributed by atoms with E-state index in [0.29, 0.717) is 18.7 Å². The molecule has 7 nitrogen and oxygen atoms in total. The lowest BCUT2D eigenvalue weighted by Gasteiger charge is -2.24. The van der Waals surface area contributed by atoms with Gasteiger partial charge >= 0.3 is 6.09 Å². The van der Waals surface area contributed by atoms with Gasteiger partial charge in [-0.15, -0.1) is 0 Å². The van der Waals surface area contributed by atoms with Gasteiger partial charge in [0.15, 0.2) is 0 Å². The summed E-state index contributed by atoms with van der Waals surface area (Å²) in [6, 6.07) is 21.0. The summed E-state index contributed by atoms with van der Waals surface area (Å²) in [5.41, 5.74) is 5.83. The molecule has 0 aliphatic carbocycles. The number of anilines is 1. The Balaban J connectivity index is 1.39. The van der Waals surface area contributed by atoms with E-state index in [2.05, 4.69) is 22.4 Å². The van der Waals surface area contributed by atoms with Crippen molar-refractivity contribution in [3.8, 4) is 11.3 Å². The van der Waals surface area contributed by atoms with E-state index in [-0.39, 0.29) is 12.0 Å². The molecule has 0 atom stereocenters. The van der Waals surface area contributed by atoms with Crippen LogP contribution in [0.25, 0.3) is 22.3 Å². The van der Waals surface area contributed by atoms with Crippen molar-refractivity contribution in [1.29, 1.82) is 0 Å². The monoisotopic (exact) mass is 480 g/mol. The van der Waals surface area contributed by atoms with Crippen LogP contribution in [-0.2, 0) is 4.74 Å². The molecule has 5 rings (SSSR count). The normalized spacial score (nSPS) is 13.5. The van der Waals surface area contributed by atoms with Crippen LogP contribution in [0.1, 0.15) is 36.7 Å². The van der Waals surface area contributed by atoms with Crippen LogP contribution >= 0.6 is 0 Å². The van der Waals surface area contributed by atoms with Crippen molar-refractivity contribution in [2.24, 2.45) is 0 Å². The molecule has 0 radical (unpaired) electrons. The Kier molecular flexibility index (Phi) is 6.06. The molecule has 2 amide bonds. The molecule has 0 bridgehead atoms. The number of nitrogens with one attached hydrogen (secondary N) is 1. The van der Waals surface area contributed by atoms with E-state index in [1.165, 1.54) is 0 Å². The Morgan fingerprint density at radius 2 is 1.75 bits per heavy atom. The molecule has 0 unspecified atom stereocenters. The van der Waals surface area contributed by atoms with E-state index in [4.69, 9.17) is 4.74 Å². The first-order valence-electron chi connectivity index (χ1n) is 11.9. The van der Waals surface area contributed by atoms with E-state index in [1.807, 2.05) is 85.8 Å². The van der Waals surface area contributed by atoms with Crippen molar-refractivity contribution in [2.45, 2.75) is 26.4 Å². The molecule has 0 fully saturated rings. The lowest BCUT2D eigenvalue weighted by Crippen LogP contribution is -2.35. The summed E-state index contributed by atoms with van der Waals surface area (Å²) >= 11 is 0. The number of nitrogens with zero attached hydrogens (tertiary/aromatic N) is 3. The van der Waals surface area contributed by atoms with Gasteiger partial charge in [-0.05, 0) is 68.3 Å². The number of hydrogen-bond acceptors (Lipinski definition) is 4. The maximum atomic E-state index is 12.6. The third-order valence-electron chi connectivity index (χ3n) is 5.97. The number of para-hydroxylation sites is 1. The summed E-state index contributed by atoms with van der Waals surface area (Å²) < 4.78 is 7.57. The van der Waals surface area contributed by atoms with Crippen LogP contribution in [0.2, 0.25) is 0 Å². The average Bonchev–Trinajstić information content (AvgIpc) is 3.49. The zero-order chi connectivity index (χ0) is 25.3. The summed E-state index contributed by atoms with van der Waals surface area (Å²) in [5, 5.41) is 2.91. The minimum atomic E-state index is -0.536. The smallest absolute Gasteiger partial charge is 0.410 e. The predicted octanol–water partition coefficient (Wildman–Crippen LogP) is 5.89. The molecule has 3 heterocycles. The van der Waals surface area contributed by atoms with Crippen molar-refractivity contribution in [3.63, 3.8) is 0 Å².